The summed E-state index contributed by atoms with van der Waals surface area (Å²) in [6.45, 7) is 1.24. The van der Waals surface area contributed by atoms with Crippen molar-refractivity contribution in [3.05, 3.63) is 17.7 Å². The quantitative estimate of drug-likeness (QED) is 0.812. The third kappa shape index (κ3) is 4.55. The summed E-state index contributed by atoms with van der Waals surface area (Å²) in [6.07, 6.45) is 2.55. The molecule has 1 fully saturated rings. The molecular weight excluding hydrogens is 326 g/mol. The van der Waals surface area contributed by atoms with Crippen LogP contribution < -0.4 is 14.2 Å². The minimum atomic E-state index is -0.798. The average Bonchev–Trinajstić information content (AvgIpc) is 2.64. The van der Waals surface area contributed by atoms with E-state index in [1.807, 2.05) is 0 Å². The summed E-state index contributed by atoms with van der Waals surface area (Å²) >= 11 is 0. The van der Waals surface area contributed by atoms with Crippen LogP contribution in [0.3, 0.4) is 0 Å². The van der Waals surface area contributed by atoms with Gasteiger partial charge in [0.25, 0.3) is 5.91 Å². The maximum absolute atomic E-state index is 12.9. The second kappa shape index (κ2) is 8.60. The minimum absolute atomic E-state index is 0.112. The van der Waals surface area contributed by atoms with Crippen molar-refractivity contribution in [3.8, 4) is 17.2 Å². The van der Waals surface area contributed by atoms with Crippen LogP contribution in [0.5, 0.6) is 17.2 Å². The van der Waals surface area contributed by atoms with Crippen LogP contribution in [0.2, 0.25) is 0 Å². The zero-order valence-electron chi connectivity index (χ0n) is 14.9. The van der Waals surface area contributed by atoms with Gasteiger partial charge in [-0.3, -0.25) is 9.59 Å². The molecule has 1 saturated heterocycles. The van der Waals surface area contributed by atoms with Gasteiger partial charge >= 0.3 is 5.97 Å². The highest BCUT2D eigenvalue weighted by atomic mass is 16.5. The number of carboxylic acid groups (broad SMARTS) is 1. The number of hydrogen-bond acceptors (Lipinski definition) is 5. The predicted molar refractivity (Wildman–Crippen MR) is 91.6 cm³/mol. The lowest BCUT2D eigenvalue weighted by atomic mass is 9.93. The van der Waals surface area contributed by atoms with Crippen molar-refractivity contribution in [1.29, 1.82) is 0 Å². The van der Waals surface area contributed by atoms with Gasteiger partial charge in [0, 0.05) is 25.1 Å². The highest BCUT2D eigenvalue weighted by Gasteiger charge is 2.26. The van der Waals surface area contributed by atoms with Crippen molar-refractivity contribution in [2.24, 2.45) is 5.92 Å². The minimum Gasteiger partial charge on any atom is -0.493 e. The molecule has 1 atom stereocenters. The number of aliphatic carboxylic acids is 1. The van der Waals surface area contributed by atoms with Crippen LogP contribution in [0.25, 0.3) is 0 Å². The summed E-state index contributed by atoms with van der Waals surface area (Å²) in [5.41, 5.74) is 0.466. The topological polar surface area (TPSA) is 85.3 Å². The third-order valence-corrected chi connectivity index (χ3v) is 4.48. The molecule has 1 aromatic rings. The van der Waals surface area contributed by atoms with Gasteiger partial charge in [-0.15, -0.1) is 0 Å². The van der Waals surface area contributed by atoms with Crippen LogP contribution in [-0.2, 0) is 4.79 Å². The van der Waals surface area contributed by atoms with E-state index < -0.39 is 5.97 Å². The lowest BCUT2D eigenvalue weighted by Gasteiger charge is -2.33. The molecular formula is C18H25NO6. The second-order valence-corrected chi connectivity index (χ2v) is 6.11. The van der Waals surface area contributed by atoms with E-state index in [0.717, 1.165) is 12.8 Å². The fraction of sp³-hybridized carbons (Fsp3) is 0.556. The molecule has 7 nitrogen and oxygen atoms in total. The van der Waals surface area contributed by atoms with Crippen molar-refractivity contribution in [1.82, 2.24) is 4.90 Å². The Bertz CT molecular complexity index is 605. The first-order chi connectivity index (χ1) is 12.0. The van der Waals surface area contributed by atoms with Crippen molar-refractivity contribution in [2.75, 3.05) is 34.4 Å². The van der Waals surface area contributed by atoms with Crippen LogP contribution >= 0.6 is 0 Å². The molecule has 1 heterocycles. The number of nitrogens with zero attached hydrogens (tertiary/aromatic N) is 1. The van der Waals surface area contributed by atoms with Crippen LogP contribution in [0.1, 0.15) is 36.0 Å². The average molecular weight is 351 g/mol. The maximum atomic E-state index is 12.9. The molecule has 0 saturated carbocycles. The van der Waals surface area contributed by atoms with Gasteiger partial charge in [0.05, 0.1) is 21.3 Å². The second-order valence-electron chi connectivity index (χ2n) is 6.11. The number of methoxy groups -OCH3 is 3. The van der Waals surface area contributed by atoms with Gasteiger partial charge in [0.15, 0.2) is 11.5 Å². The number of hydrogen-bond donors (Lipinski definition) is 1. The van der Waals surface area contributed by atoms with Crippen molar-refractivity contribution >= 4 is 11.9 Å². The van der Waals surface area contributed by atoms with E-state index in [-0.39, 0.29) is 18.2 Å². The smallest absolute Gasteiger partial charge is 0.303 e. The van der Waals surface area contributed by atoms with Gasteiger partial charge in [0.2, 0.25) is 5.75 Å². The summed E-state index contributed by atoms with van der Waals surface area (Å²) in [6, 6.07) is 3.29. The Morgan fingerprint density at radius 2 is 1.80 bits per heavy atom. The number of carbonyl (C=O) groups excluding carboxylic acids is 1. The standard InChI is InChI=1S/C18H25NO6/c1-23-14-9-13(10-15(24-2)17(14)25-3)18(22)19-8-4-5-12(11-19)6-7-16(20)21/h9-10,12H,4-8,11H2,1-3H3,(H,20,21). The predicted octanol–water partition coefficient (Wildman–Crippen LogP) is 2.43. The first-order valence-electron chi connectivity index (χ1n) is 8.31. The summed E-state index contributed by atoms with van der Waals surface area (Å²) in [5, 5.41) is 8.84. The van der Waals surface area contributed by atoms with Crippen LogP contribution in [0.4, 0.5) is 0 Å². The number of rotatable bonds is 7. The first-order valence-corrected chi connectivity index (χ1v) is 8.31. The van der Waals surface area contributed by atoms with Gasteiger partial charge in [-0.25, -0.2) is 0 Å². The molecule has 7 heteroatoms. The van der Waals surface area contributed by atoms with E-state index in [1.54, 1.807) is 17.0 Å². The molecule has 25 heavy (non-hydrogen) atoms. The number of carbonyl (C=O) groups is 2. The fourth-order valence-corrected chi connectivity index (χ4v) is 3.20. The highest BCUT2D eigenvalue weighted by molar-refractivity contribution is 5.95. The summed E-state index contributed by atoms with van der Waals surface area (Å²) in [4.78, 5) is 25.4. The van der Waals surface area contributed by atoms with Gasteiger partial charge in [-0.2, -0.15) is 0 Å². The normalized spacial score (nSPS) is 17.1. The number of amides is 1. The van der Waals surface area contributed by atoms with E-state index >= 15 is 0 Å². The molecule has 1 N–H and O–H groups in total. The van der Waals surface area contributed by atoms with E-state index in [0.29, 0.717) is 42.3 Å². The Labute approximate surface area is 147 Å². The van der Waals surface area contributed by atoms with E-state index in [1.165, 1.54) is 21.3 Å². The maximum Gasteiger partial charge on any atom is 0.303 e. The Kier molecular flexibility index (Phi) is 6.50. The monoisotopic (exact) mass is 351 g/mol. The van der Waals surface area contributed by atoms with Crippen LogP contribution in [0.15, 0.2) is 12.1 Å². The lowest BCUT2D eigenvalue weighted by molar-refractivity contribution is -0.137. The lowest BCUT2D eigenvalue weighted by Crippen LogP contribution is -2.40. The van der Waals surface area contributed by atoms with Crippen LogP contribution in [0, 0.1) is 5.92 Å². The molecule has 0 bridgehead atoms. The zero-order chi connectivity index (χ0) is 18.4. The Morgan fingerprint density at radius 1 is 1.16 bits per heavy atom. The van der Waals surface area contributed by atoms with E-state index in [9.17, 15) is 9.59 Å². The summed E-state index contributed by atoms with van der Waals surface area (Å²) < 4.78 is 15.9. The van der Waals surface area contributed by atoms with Gasteiger partial charge in [0.1, 0.15) is 0 Å². The molecule has 0 spiro atoms. The Hall–Kier alpha value is -2.44. The van der Waals surface area contributed by atoms with Crippen molar-refractivity contribution < 1.29 is 28.9 Å². The Balaban J connectivity index is 2.17. The molecule has 1 aliphatic rings. The highest BCUT2D eigenvalue weighted by Crippen LogP contribution is 2.38. The molecule has 0 aliphatic carbocycles. The molecule has 1 aromatic carbocycles. The molecule has 1 unspecified atom stereocenters. The number of ether oxygens (including phenoxy) is 3. The number of benzene rings is 1. The number of likely N-dealkylation sites (tertiary alicyclic amines) is 1. The Morgan fingerprint density at radius 3 is 2.32 bits per heavy atom. The largest absolute Gasteiger partial charge is 0.493 e. The van der Waals surface area contributed by atoms with E-state index in [4.69, 9.17) is 19.3 Å². The molecule has 0 aromatic heterocycles. The summed E-state index contributed by atoms with van der Waals surface area (Å²) in [7, 11) is 4.53. The summed E-state index contributed by atoms with van der Waals surface area (Å²) in [5.74, 6) is 0.622. The van der Waals surface area contributed by atoms with Gasteiger partial charge in [-0.05, 0) is 37.3 Å². The molecule has 0 radical (unpaired) electrons. The molecule has 138 valence electrons. The number of piperidine rings is 1. The van der Waals surface area contributed by atoms with Crippen LogP contribution in [-0.4, -0.2) is 56.3 Å². The van der Waals surface area contributed by atoms with Crippen molar-refractivity contribution in [3.63, 3.8) is 0 Å². The molecule has 1 aliphatic heterocycles. The SMILES string of the molecule is COc1cc(C(=O)N2CCCC(CCC(=O)O)C2)cc(OC)c1OC. The third-order valence-electron chi connectivity index (χ3n) is 4.48. The zero-order valence-corrected chi connectivity index (χ0v) is 14.9. The van der Waals surface area contributed by atoms with Gasteiger partial charge in [-0.1, -0.05) is 0 Å². The van der Waals surface area contributed by atoms with Crippen molar-refractivity contribution in [2.45, 2.75) is 25.7 Å². The van der Waals surface area contributed by atoms with E-state index in [2.05, 4.69) is 0 Å². The molecule has 1 amide bonds. The molecule has 2 rings (SSSR count). The first kappa shape index (κ1) is 18.9. The van der Waals surface area contributed by atoms with Gasteiger partial charge < -0.3 is 24.2 Å². The fourth-order valence-electron chi connectivity index (χ4n) is 3.20. The number of carboxylic acids is 1.